The van der Waals surface area contributed by atoms with E-state index in [0.717, 1.165) is 55.2 Å². The maximum absolute atomic E-state index is 5.13. The highest BCUT2D eigenvalue weighted by Crippen LogP contribution is 2.41. The van der Waals surface area contributed by atoms with Crippen molar-refractivity contribution in [2.24, 2.45) is 0 Å². The van der Waals surface area contributed by atoms with E-state index in [1.807, 2.05) is 72.9 Å². The molecule has 5 aromatic carbocycles. The van der Waals surface area contributed by atoms with Crippen LogP contribution in [0.1, 0.15) is 0 Å². The monoisotopic (exact) mass is 564 g/mol. The molecule has 9 rings (SSSR count). The zero-order valence-electron chi connectivity index (χ0n) is 23.5. The highest BCUT2D eigenvalue weighted by molar-refractivity contribution is 6.23. The van der Waals surface area contributed by atoms with E-state index in [1.54, 1.807) is 0 Å². The van der Waals surface area contributed by atoms with E-state index < -0.39 is 0 Å². The van der Waals surface area contributed by atoms with Crippen LogP contribution in [-0.2, 0) is 0 Å². The van der Waals surface area contributed by atoms with Crippen LogP contribution >= 0.6 is 0 Å². The molecule has 0 bridgehead atoms. The molecule has 206 valence electrons. The first kappa shape index (κ1) is 24.5. The number of hydrogen-bond acceptors (Lipinski definition) is 4. The topological polar surface area (TPSA) is 61.4 Å². The zero-order valence-corrected chi connectivity index (χ0v) is 23.5. The van der Waals surface area contributed by atoms with Gasteiger partial charge in [0.05, 0.1) is 16.6 Å². The molecule has 0 aliphatic rings. The molecule has 44 heavy (non-hydrogen) atoms. The average molecular weight is 565 g/mol. The third-order valence-electron chi connectivity index (χ3n) is 8.22. The predicted octanol–water partition coefficient (Wildman–Crippen LogP) is 8.79. The lowest BCUT2D eigenvalue weighted by atomic mass is 10.1. The molecule has 0 aliphatic heterocycles. The number of hydrogen-bond donors (Lipinski definition) is 0. The molecule has 6 heteroatoms. The number of benzene rings is 5. The van der Waals surface area contributed by atoms with Gasteiger partial charge in [-0.2, -0.15) is 9.97 Å². The van der Waals surface area contributed by atoms with E-state index in [2.05, 4.69) is 81.9 Å². The Labute approximate surface area is 252 Å². The molecule has 0 N–H and O–H groups in total. The van der Waals surface area contributed by atoms with Gasteiger partial charge in [0, 0.05) is 44.6 Å². The predicted molar refractivity (Wildman–Crippen MR) is 177 cm³/mol. The minimum atomic E-state index is 0.522. The minimum absolute atomic E-state index is 0.522. The molecular weight excluding hydrogens is 540 g/mol. The molecule has 0 radical (unpaired) electrons. The largest absolute Gasteiger partial charge is 0.307 e. The highest BCUT2D eigenvalue weighted by atomic mass is 15.2. The van der Waals surface area contributed by atoms with E-state index in [0.29, 0.717) is 17.6 Å². The van der Waals surface area contributed by atoms with Crippen LogP contribution in [0.5, 0.6) is 0 Å². The summed E-state index contributed by atoms with van der Waals surface area (Å²) in [5.74, 6) is 1.74. The number of nitrogens with zero attached hydrogens (tertiary/aromatic N) is 6. The highest BCUT2D eigenvalue weighted by Gasteiger charge is 2.23. The summed E-state index contributed by atoms with van der Waals surface area (Å²) < 4.78 is 4.46. The van der Waals surface area contributed by atoms with Crippen molar-refractivity contribution in [1.82, 2.24) is 29.1 Å². The Morgan fingerprint density at radius 1 is 0.409 bits per heavy atom. The molecule has 4 aromatic heterocycles. The molecule has 0 fully saturated rings. The second-order valence-corrected chi connectivity index (χ2v) is 10.8. The van der Waals surface area contributed by atoms with Crippen molar-refractivity contribution in [2.75, 3.05) is 0 Å². The van der Waals surface area contributed by atoms with Crippen LogP contribution in [-0.4, -0.2) is 29.1 Å². The van der Waals surface area contributed by atoms with Gasteiger partial charge in [0.1, 0.15) is 5.65 Å². The van der Waals surface area contributed by atoms with Crippen LogP contribution in [0, 0.1) is 0 Å². The third kappa shape index (κ3) is 3.68. The lowest BCUT2D eigenvalue weighted by molar-refractivity contribution is 0.944. The smallest absolute Gasteiger partial charge is 0.240 e. The first-order valence-corrected chi connectivity index (χ1v) is 14.6. The maximum atomic E-state index is 5.13. The summed E-state index contributed by atoms with van der Waals surface area (Å²) >= 11 is 0. The Balaban J connectivity index is 1.48. The second kappa shape index (κ2) is 9.71. The summed E-state index contributed by atoms with van der Waals surface area (Å²) in [6.45, 7) is 0. The molecule has 4 heterocycles. The van der Waals surface area contributed by atoms with Crippen LogP contribution in [0.4, 0.5) is 0 Å². The lowest BCUT2D eigenvalue weighted by Crippen LogP contribution is -2.07. The van der Waals surface area contributed by atoms with Gasteiger partial charge in [0.2, 0.25) is 5.95 Å². The first-order valence-electron chi connectivity index (χ1n) is 14.6. The van der Waals surface area contributed by atoms with Crippen LogP contribution in [0.25, 0.3) is 78.2 Å². The van der Waals surface area contributed by atoms with Gasteiger partial charge in [-0.25, -0.2) is 9.97 Å². The summed E-state index contributed by atoms with van der Waals surface area (Å²) in [6, 6.07) is 47.8. The standard InChI is InChI=1S/C38H24N6/c1-4-13-25(14-5-1)35-40-36(26-15-6-2-7-16-26)42-38(41-35)44-34-30(31-20-12-24-39-37(31)44)23-22-29-28-19-10-11-21-32(28)43(33(29)34)27-17-8-3-9-18-27/h1-24H. The van der Waals surface area contributed by atoms with Crippen molar-refractivity contribution in [3.63, 3.8) is 0 Å². The Bertz CT molecular complexity index is 2420. The van der Waals surface area contributed by atoms with Crippen molar-refractivity contribution in [1.29, 1.82) is 0 Å². The fourth-order valence-corrected chi connectivity index (χ4v) is 6.31. The molecule has 0 saturated carbocycles. The molecule has 0 spiro atoms. The van der Waals surface area contributed by atoms with Gasteiger partial charge in [-0.15, -0.1) is 0 Å². The Hall–Kier alpha value is -6.14. The number of rotatable bonds is 4. The van der Waals surface area contributed by atoms with Crippen LogP contribution in [0.3, 0.4) is 0 Å². The van der Waals surface area contributed by atoms with E-state index in [9.17, 15) is 0 Å². The van der Waals surface area contributed by atoms with Gasteiger partial charge in [0.25, 0.3) is 0 Å². The van der Waals surface area contributed by atoms with E-state index in [1.165, 1.54) is 5.39 Å². The van der Waals surface area contributed by atoms with Crippen molar-refractivity contribution in [3.05, 3.63) is 146 Å². The van der Waals surface area contributed by atoms with E-state index in [4.69, 9.17) is 19.9 Å². The molecule has 0 unspecified atom stereocenters. The number of aromatic nitrogens is 6. The lowest BCUT2D eigenvalue weighted by Gasteiger charge is -2.13. The van der Waals surface area contributed by atoms with Crippen LogP contribution in [0.15, 0.2) is 146 Å². The number of para-hydroxylation sites is 2. The number of pyridine rings is 1. The normalized spacial score (nSPS) is 11.6. The molecule has 0 atom stereocenters. The molecule has 0 aliphatic carbocycles. The first-order chi connectivity index (χ1) is 21.8. The quantitative estimate of drug-likeness (QED) is 0.214. The molecule has 0 saturated heterocycles. The van der Waals surface area contributed by atoms with Gasteiger partial charge in [-0.1, -0.05) is 109 Å². The summed E-state index contributed by atoms with van der Waals surface area (Å²) in [4.78, 5) is 20.1. The molecule has 0 amide bonds. The van der Waals surface area contributed by atoms with Gasteiger partial charge in [-0.3, -0.25) is 4.57 Å². The zero-order chi connectivity index (χ0) is 29.0. The van der Waals surface area contributed by atoms with Gasteiger partial charge in [0.15, 0.2) is 11.6 Å². The fourth-order valence-electron chi connectivity index (χ4n) is 6.31. The Morgan fingerprint density at radius 2 is 0.955 bits per heavy atom. The van der Waals surface area contributed by atoms with Crippen molar-refractivity contribution in [3.8, 4) is 34.4 Å². The minimum Gasteiger partial charge on any atom is -0.307 e. The van der Waals surface area contributed by atoms with Crippen molar-refractivity contribution < 1.29 is 0 Å². The van der Waals surface area contributed by atoms with Crippen molar-refractivity contribution in [2.45, 2.75) is 0 Å². The second-order valence-electron chi connectivity index (χ2n) is 10.8. The molecular formula is C38H24N6. The summed E-state index contributed by atoms with van der Waals surface area (Å²) in [5.41, 5.74) is 6.94. The van der Waals surface area contributed by atoms with Gasteiger partial charge < -0.3 is 4.57 Å². The third-order valence-corrected chi connectivity index (χ3v) is 8.22. The molecule has 6 nitrogen and oxygen atoms in total. The Morgan fingerprint density at radius 3 is 1.64 bits per heavy atom. The summed E-state index contributed by atoms with van der Waals surface area (Å²) in [5, 5.41) is 4.46. The SMILES string of the molecule is c1ccc(-c2nc(-c3ccccc3)nc(-n3c4ncccc4c4ccc5c6ccccc6n(-c6ccccc6)c5c43)n2)cc1. The summed E-state index contributed by atoms with van der Waals surface area (Å²) in [6.07, 6.45) is 1.83. The van der Waals surface area contributed by atoms with E-state index in [-0.39, 0.29) is 0 Å². The van der Waals surface area contributed by atoms with Gasteiger partial charge >= 0.3 is 0 Å². The summed E-state index contributed by atoms with van der Waals surface area (Å²) in [7, 11) is 0. The molecule has 9 aromatic rings. The fraction of sp³-hybridized carbons (Fsp3) is 0. The van der Waals surface area contributed by atoms with Crippen LogP contribution < -0.4 is 0 Å². The van der Waals surface area contributed by atoms with E-state index >= 15 is 0 Å². The number of fused-ring (bicyclic) bond motifs is 7. The van der Waals surface area contributed by atoms with Crippen molar-refractivity contribution >= 4 is 43.7 Å². The Kier molecular flexibility index (Phi) is 5.40. The average Bonchev–Trinajstić information content (AvgIpc) is 3.62. The van der Waals surface area contributed by atoms with Crippen LogP contribution in [0.2, 0.25) is 0 Å². The van der Waals surface area contributed by atoms with Gasteiger partial charge in [-0.05, 0) is 30.3 Å². The maximum Gasteiger partial charge on any atom is 0.240 e.